The Bertz CT molecular complexity index is 492. The SMILES string of the molecule is O=C(CCCCCCCCCCSSc1ccccn1)NCC1CCCC1. The summed E-state index contributed by atoms with van der Waals surface area (Å²) in [5.74, 6) is 2.22. The maximum absolute atomic E-state index is 11.8. The van der Waals surface area contributed by atoms with Gasteiger partial charge in [0.2, 0.25) is 5.91 Å². The molecule has 0 saturated heterocycles. The molecule has 0 atom stereocenters. The van der Waals surface area contributed by atoms with Crippen LogP contribution in [0.4, 0.5) is 0 Å². The van der Waals surface area contributed by atoms with E-state index in [2.05, 4.69) is 16.4 Å². The van der Waals surface area contributed by atoms with Crippen LogP contribution in [-0.2, 0) is 4.79 Å². The second-order valence-corrected chi connectivity index (χ2v) is 10.0. The van der Waals surface area contributed by atoms with Crippen molar-refractivity contribution in [1.82, 2.24) is 10.3 Å². The van der Waals surface area contributed by atoms with Crippen LogP contribution in [0.15, 0.2) is 29.4 Å². The van der Waals surface area contributed by atoms with E-state index in [9.17, 15) is 4.79 Å². The van der Waals surface area contributed by atoms with Crippen molar-refractivity contribution in [3.63, 3.8) is 0 Å². The first kappa shape index (κ1) is 22.6. The topological polar surface area (TPSA) is 42.0 Å². The molecule has 1 aliphatic rings. The van der Waals surface area contributed by atoms with Crippen molar-refractivity contribution in [3.8, 4) is 0 Å². The van der Waals surface area contributed by atoms with Gasteiger partial charge in [0, 0.05) is 24.9 Å². The summed E-state index contributed by atoms with van der Waals surface area (Å²) < 4.78 is 0. The first-order valence-corrected chi connectivity index (χ1v) is 13.1. The lowest BCUT2D eigenvalue weighted by atomic mass is 10.1. The number of carbonyl (C=O) groups is 1. The molecule has 0 unspecified atom stereocenters. The standard InChI is InChI=1S/C22H36N2OS2/c25-21(24-19-20-13-8-9-14-20)15-7-5-3-1-2-4-6-12-18-26-27-22-16-10-11-17-23-22/h10-11,16-17,20H,1-9,12-15,18-19H2,(H,24,25). The molecule has 1 aliphatic carbocycles. The summed E-state index contributed by atoms with van der Waals surface area (Å²) >= 11 is 0. The average Bonchev–Trinajstić information content (AvgIpc) is 3.21. The number of amides is 1. The van der Waals surface area contributed by atoms with Gasteiger partial charge >= 0.3 is 0 Å². The second kappa shape index (κ2) is 15.3. The molecule has 0 aliphatic heterocycles. The number of nitrogens with one attached hydrogen (secondary N) is 1. The molecule has 3 nitrogen and oxygen atoms in total. The van der Waals surface area contributed by atoms with E-state index in [4.69, 9.17) is 0 Å². The summed E-state index contributed by atoms with van der Waals surface area (Å²) in [5.41, 5.74) is 0. The zero-order chi connectivity index (χ0) is 19.0. The van der Waals surface area contributed by atoms with Crippen molar-refractivity contribution in [1.29, 1.82) is 0 Å². The number of aromatic nitrogens is 1. The maximum Gasteiger partial charge on any atom is 0.220 e. The summed E-state index contributed by atoms with van der Waals surface area (Å²) in [6.45, 7) is 0.914. The third-order valence-corrected chi connectivity index (χ3v) is 7.58. The van der Waals surface area contributed by atoms with Crippen LogP contribution in [-0.4, -0.2) is 23.2 Å². The van der Waals surface area contributed by atoms with Gasteiger partial charge in [-0.2, -0.15) is 0 Å². The van der Waals surface area contributed by atoms with Gasteiger partial charge in [0.05, 0.1) is 0 Å². The summed E-state index contributed by atoms with van der Waals surface area (Å²) in [6.07, 6.45) is 18.1. The summed E-state index contributed by atoms with van der Waals surface area (Å²) in [7, 11) is 3.70. The van der Waals surface area contributed by atoms with Gasteiger partial charge in [-0.3, -0.25) is 4.79 Å². The monoisotopic (exact) mass is 408 g/mol. The van der Waals surface area contributed by atoms with Crippen LogP contribution in [0.5, 0.6) is 0 Å². The molecule has 1 aromatic rings. The molecule has 152 valence electrons. The Kier molecular flexibility index (Phi) is 12.8. The minimum absolute atomic E-state index is 0.267. The molecule has 0 radical (unpaired) electrons. The van der Waals surface area contributed by atoms with E-state index < -0.39 is 0 Å². The number of rotatable bonds is 15. The highest BCUT2D eigenvalue weighted by atomic mass is 33.1. The number of hydrogen-bond acceptors (Lipinski definition) is 4. The predicted molar refractivity (Wildman–Crippen MR) is 119 cm³/mol. The molecule has 0 bridgehead atoms. The van der Waals surface area contributed by atoms with Gasteiger partial charge in [-0.25, -0.2) is 4.98 Å². The van der Waals surface area contributed by atoms with E-state index in [-0.39, 0.29) is 5.91 Å². The fourth-order valence-electron chi connectivity index (χ4n) is 3.57. The normalized spacial score (nSPS) is 14.5. The van der Waals surface area contributed by atoms with Crippen LogP contribution in [0.25, 0.3) is 0 Å². The highest BCUT2D eigenvalue weighted by Gasteiger charge is 2.15. The van der Waals surface area contributed by atoms with Crippen LogP contribution in [0, 0.1) is 5.92 Å². The van der Waals surface area contributed by atoms with E-state index in [1.807, 2.05) is 29.1 Å². The van der Waals surface area contributed by atoms with Crippen LogP contribution in [0.2, 0.25) is 0 Å². The van der Waals surface area contributed by atoms with Gasteiger partial charge in [-0.05, 0) is 54.5 Å². The van der Waals surface area contributed by atoms with E-state index in [0.29, 0.717) is 0 Å². The minimum Gasteiger partial charge on any atom is -0.356 e. The fraction of sp³-hybridized carbons (Fsp3) is 0.727. The van der Waals surface area contributed by atoms with Crippen molar-refractivity contribution >= 4 is 27.5 Å². The Balaban J connectivity index is 1.28. The summed E-state index contributed by atoms with van der Waals surface area (Å²) in [5, 5.41) is 4.23. The number of carbonyl (C=O) groups excluding carboxylic acids is 1. The van der Waals surface area contributed by atoms with Gasteiger partial charge in [-0.1, -0.05) is 68.2 Å². The molecule has 1 amide bonds. The molecule has 1 heterocycles. The smallest absolute Gasteiger partial charge is 0.220 e. The predicted octanol–water partition coefficient (Wildman–Crippen LogP) is 6.64. The van der Waals surface area contributed by atoms with Crippen molar-refractivity contribution in [2.75, 3.05) is 12.3 Å². The lowest BCUT2D eigenvalue weighted by Gasteiger charge is -2.10. The Morgan fingerprint density at radius 2 is 1.70 bits per heavy atom. The second-order valence-electron chi connectivity index (χ2n) is 7.61. The van der Waals surface area contributed by atoms with E-state index in [1.54, 1.807) is 10.8 Å². The van der Waals surface area contributed by atoms with Crippen molar-refractivity contribution in [3.05, 3.63) is 24.4 Å². The van der Waals surface area contributed by atoms with Crippen LogP contribution < -0.4 is 5.32 Å². The van der Waals surface area contributed by atoms with Gasteiger partial charge in [0.15, 0.2) is 0 Å². The zero-order valence-electron chi connectivity index (χ0n) is 16.7. The highest BCUT2D eigenvalue weighted by Crippen LogP contribution is 2.29. The molecule has 0 aromatic carbocycles. The average molecular weight is 409 g/mol. The Morgan fingerprint density at radius 1 is 1.00 bits per heavy atom. The fourth-order valence-corrected chi connectivity index (χ4v) is 5.59. The molecule has 27 heavy (non-hydrogen) atoms. The van der Waals surface area contributed by atoms with Crippen LogP contribution in [0.3, 0.4) is 0 Å². The first-order valence-electron chi connectivity index (χ1n) is 10.8. The van der Waals surface area contributed by atoms with E-state index in [0.717, 1.165) is 30.3 Å². The highest BCUT2D eigenvalue weighted by molar-refractivity contribution is 8.76. The molecular formula is C22H36N2OS2. The Labute approximate surface area is 173 Å². The van der Waals surface area contributed by atoms with Gasteiger partial charge in [-0.15, -0.1) is 0 Å². The van der Waals surface area contributed by atoms with Gasteiger partial charge in [0.25, 0.3) is 0 Å². The van der Waals surface area contributed by atoms with Crippen molar-refractivity contribution in [2.45, 2.75) is 88.5 Å². The zero-order valence-corrected chi connectivity index (χ0v) is 18.3. The molecule has 1 N–H and O–H groups in total. The van der Waals surface area contributed by atoms with E-state index in [1.165, 1.54) is 76.4 Å². The molecule has 1 fully saturated rings. The summed E-state index contributed by atoms with van der Waals surface area (Å²) in [6, 6.07) is 6.07. The number of unbranched alkanes of at least 4 members (excludes halogenated alkanes) is 7. The lowest BCUT2D eigenvalue weighted by Crippen LogP contribution is -2.27. The minimum atomic E-state index is 0.267. The van der Waals surface area contributed by atoms with Crippen LogP contribution >= 0.6 is 21.6 Å². The molecule has 2 rings (SSSR count). The molecule has 1 saturated carbocycles. The number of nitrogens with zero attached hydrogens (tertiary/aromatic N) is 1. The molecule has 5 heteroatoms. The molecule has 0 spiro atoms. The van der Waals surface area contributed by atoms with Gasteiger partial charge in [0.1, 0.15) is 5.03 Å². The largest absolute Gasteiger partial charge is 0.356 e. The summed E-state index contributed by atoms with van der Waals surface area (Å²) in [4.78, 5) is 16.1. The Hall–Kier alpha value is -0.680. The number of hydrogen-bond donors (Lipinski definition) is 1. The van der Waals surface area contributed by atoms with Gasteiger partial charge < -0.3 is 5.32 Å². The van der Waals surface area contributed by atoms with Crippen LogP contribution in [0.1, 0.15) is 83.5 Å². The number of pyridine rings is 1. The maximum atomic E-state index is 11.8. The Morgan fingerprint density at radius 3 is 2.41 bits per heavy atom. The molecule has 1 aromatic heterocycles. The van der Waals surface area contributed by atoms with E-state index >= 15 is 0 Å². The first-order chi connectivity index (χ1) is 13.3. The third kappa shape index (κ3) is 11.7. The third-order valence-electron chi connectivity index (χ3n) is 5.23. The van der Waals surface area contributed by atoms with Crippen molar-refractivity contribution in [2.24, 2.45) is 5.92 Å². The van der Waals surface area contributed by atoms with Crippen molar-refractivity contribution < 1.29 is 4.79 Å². The quantitative estimate of drug-likeness (QED) is 0.261. The lowest BCUT2D eigenvalue weighted by molar-refractivity contribution is -0.121. The molecular weight excluding hydrogens is 372 g/mol.